The number of aliphatic hydroxyl groups is 1. The molecule has 1 heterocycles. The molecule has 202 valence electrons. The lowest BCUT2D eigenvalue weighted by molar-refractivity contribution is 0.0500. The molecule has 0 spiro atoms. The number of rotatable bonds is 9. The number of anilines is 1. The van der Waals surface area contributed by atoms with Gasteiger partial charge >= 0.3 is 0 Å². The third kappa shape index (κ3) is 5.17. The lowest BCUT2D eigenvalue weighted by Crippen LogP contribution is -2.26. The first-order valence-corrected chi connectivity index (χ1v) is 13.3. The summed E-state index contributed by atoms with van der Waals surface area (Å²) < 4.78 is 18.0. The van der Waals surface area contributed by atoms with Crippen LogP contribution >= 0.6 is 0 Å². The summed E-state index contributed by atoms with van der Waals surface area (Å²) in [7, 11) is 1.59. The molecule has 0 amide bonds. The van der Waals surface area contributed by atoms with Crippen LogP contribution < -0.4 is 20.1 Å². The fourth-order valence-corrected chi connectivity index (χ4v) is 5.18. The average molecular weight is 534 g/mol. The Balaban J connectivity index is 1.47. The number of ether oxygens (including phenoxy) is 3. The van der Waals surface area contributed by atoms with Crippen molar-refractivity contribution in [3.05, 3.63) is 102 Å². The zero-order valence-electron chi connectivity index (χ0n) is 22.3. The molecular weight excluding hydrogens is 502 g/mol. The number of aliphatic hydroxyl groups excluding tert-OH is 1. The van der Waals surface area contributed by atoms with Gasteiger partial charge in [0.1, 0.15) is 18.1 Å². The molecule has 7 nitrogen and oxygen atoms in total. The third-order valence-corrected chi connectivity index (χ3v) is 6.97. The molecule has 0 saturated heterocycles. The van der Waals surface area contributed by atoms with Crippen LogP contribution in [0.4, 0.5) is 5.69 Å². The van der Waals surface area contributed by atoms with E-state index in [0.29, 0.717) is 17.9 Å². The fraction of sp³-hybridized carbons (Fsp3) is 0.182. The molecule has 6 rings (SSSR count). The lowest BCUT2D eigenvalue weighted by Gasteiger charge is -2.21. The molecule has 3 N–H and O–H groups in total. The van der Waals surface area contributed by atoms with Gasteiger partial charge in [-0.15, -0.1) is 0 Å². The number of nitrogens with zero attached hydrogens (tertiary/aromatic N) is 1. The van der Waals surface area contributed by atoms with Crippen LogP contribution in [0.2, 0.25) is 0 Å². The minimum absolute atomic E-state index is 0.0548. The highest BCUT2D eigenvalue weighted by atomic mass is 16.7. The average Bonchev–Trinajstić information content (AvgIpc) is 3.51. The van der Waals surface area contributed by atoms with Crippen molar-refractivity contribution in [1.29, 1.82) is 0 Å². The number of hydrogen-bond acceptors (Lipinski definition) is 7. The van der Waals surface area contributed by atoms with Gasteiger partial charge in [0.25, 0.3) is 0 Å². The largest absolute Gasteiger partial charge is 0.488 e. The zero-order valence-corrected chi connectivity index (χ0v) is 22.3. The van der Waals surface area contributed by atoms with Crippen LogP contribution in [0.1, 0.15) is 11.1 Å². The predicted molar refractivity (Wildman–Crippen MR) is 160 cm³/mol. The monoisotopic (exact) mass is 533 g/mol. The number of nitrogens with one attached hydrogen (secondary N) is 2. The van der Waals surface area contributed by atoms with Crippen molar-refractivity contribution in [2.24, 2.45) is 4.99 Å². The van der Waals surface area contributed by atoms with Gasteiger partial charge in [-0.25, -0.2) is 0 Å². The van der Waals surface area contributed by atoms with E-state index in [-0.39, 0.29) is 13.4 Å². The van der Waals surface area contributed by atoms with Gasteiger partial charge < -0.3 is 30.0 Å². The standard InChI is InChI=1S/C33H31N3O4/c1-38-21-40-32-25(19-37)18-24-9-3-5-12-28(24)31(32)30-27-11-4-2-8-23(27)13-14-29(30)39-20-22-7-6-10-26(17-22)36-33-34-15-16-35-33/h2-14,17-18,37H,15-16,19-21H2,1H3,(H2,34,35,36). The van der Waals surface area contributed by atoms with E-state index in [1.165, 1.54) is 0 Å². The van der Waals surface area contributed by atoms with Gasteiger partial charge in [0.05, 0.1) is 13.2 Å². The van der Waals surface area contributed by atoms with E-state index in [2.05, 4.69) is 46.0 Å². The van der Waals surface area contributed by atoms with Crippen molar-refractivity contribution in [2.75, 3.05) is 32.3 Å². The van der Waals surface area contributed by atoms with Crippen LogP contribution in [0, 0.1) is 0 Å². The first-order chi connectivity index (χ1) is 19.7. The van der Waals surface area contributed by atoms with Gasteiger partial charge in [0, 0.05) is 36.0 Å². The Morgan fingerprint density at radius 2 is 1.65 bits per heavy atom. The van der Waals surface area contributed by atoms with Crippen molar-refractivity contribution in [2.45, 2.75) is 13.2 Å². The second-order valence-electron chi connectivity index (χ2n) is 9.60. The third-order valence-electron chi connectivity index (χ3n) is 6.97. The molecule has 0 atom stereocenters. The highest BCUT2D eigenvalue weighted by Crippen LogP contribution is 2.47. The number of aliphatic imine (C=N–C) groups is 1. The summed E-state index contributed by atoms with van der Waals surface area (Å²) in [5, 5.41) is 21.0. The predicted octanol–water partition coefficient (Wildman–Crippen LogP) is 6.09. The molecule has 0 bridgehead atoms. The minimum atomic E-state index is -0.169. The lowest BCUT2D eigenvalue weighted by atomic mass is 9.90. The van der Waals surface area contributed by atoms with Gasteiger partial charge in [0.15, 0.2) is 12.8 Å². The highest BCUT2D eigenvalue weighted by Gasteiger charge is 2.22. The molecule has 5 aromatic rings. The maximum atomic E-state index is 10.3. The van der Waals surface area contributed by atoms with Gasteiger partial charge in [-0.3, -0.25) is 4.99 Å². The van der Waals surface area contributed by atoms with E-state index < -0.39 is 0 Å². The Morgan fingerprint density at radius 1 is 0.850 bits per heavy atom. The Morgan fingerprint density at radius 3 is 2.42 bits per heavy atom. The van der Waals surface area contributed by atoms with Gasteiger partial charge in [-0.05, 0) is 51.4 Å². The van der Waals surface area contributed by atoms with Crippen LogP contribution in [0.5, 0.6) is 11.5 Å². The smallest absolute Gasteiger partial charge is 0.195 e. The van der Waals surface area contributed by atoms with E-state index >= 15 is 0 Å². The van der Waals surface area contributed by atoms with E-state index in [9.17, 15) is 5.11 Å². The van der Waals surface area contributed by atoms with Crippen LogP contribution in [-0.2, 0) is 18.0 Å². The molecular formula is C33H31N3O4. The molecule has 7 heteroatoms. The second kappa shape index (κ2) is 11.7. The molecule has 5 aromatic carbocycles. The minimum Gasteiger partial charge on any atom is -0.488 e. The SMILES string of the molecule is COCOc1c(CO)cc2ccccc2c1-c1c(OCc2cccc(NC3=NCCN3)c2)ccc2ccccc12. The van der Waals surface area contributed by atoms with Crippen molar-refractivity contribution < 1.29 is 19.3 Å². The fourth-order valence-electron chi connectivity index (χ4n) is 5.18. The molecule has 0 aliphatic carbocycles. The molecule has 0 aromatic heterocycles. The molecule has 0 fully saturated rings. The molecule has 0 saturated carbocycles. The first kappa shape index (κ1) is 25.7. The van der Waals surface area contributed by atoms with E-state index in [1.807, 2.05) is 60.7 Å². The Kier molecular flexibility index (Phi) is 7.48. The van der Waals surface area contributed by atoms with Crippen molar-refractivity contribution in [3.8, 4) is 22.6 Å². The Hall–Kier alpha value is -4.59. The van der Waals surface area contributed by atoms with Crippen LogP contribution in [0.3, 0.4) is 0 Å². The van der Waals surface area contributed by atoms with Gasteiger partial charge in [-0.1, -0.05) is 66.7 Å². The first-order valence-electron chi connectivity index (χ1n) is 13.3. The zero-order chi connectivity index (χ0) is 27.3. The Labute approximate surface area is 233 Å². The molecule has 0 unspecified atom stereocenters. The quantitative estimate of drug-likeness (QED) is 0.199. The maximum absolute atomic E-state index is 10.3. The van der Waals surface area contributed by atoms with Crippen molar-refractivity contribution in [1.82, 2.24) is 5.32 Å². The van der Waals surface area contributed by atoms with Crippen LogP contribution in [-0.4, -0.2) is 38.1 Å². The molecule has 0 radical (unpaired) electrons. The topological polar surface area (TPSA) is 84.3 Å². The Bertz CT molecular complexity index is 1700. The highest BCUT2D eigenvalue weighted by molar-refractivity contribution is 6.10. The summed E-state index contributed by atoms with van der Waals surface area (Å²) in [4.78, 5) is 4.42. The second-order valence-corrected chi connectivity index (χ2v) is 9.60. The van der Waals surface area contributed by atoms with E-state index in [0.717, 1.165) is 68.7 Å². The molecule has 1 aliphatic rings. The summed E-state index contributed by atoms with van der Waals surface area (Å²) in [5.41, 5.74) is 4.44. The number of hydrogen-bond donors (Lipinski definition) is 3. The van der Waals surface area contributed by atoms with Crippen molar-refractivity contribution >= 4 is 33.2 Å². The molecule has 1 aliphatic heterocycles. The summed E-state index contributed by atoms with van der Waals surface area (Å²) >= 11 is 0. The van der Waals surface area contributed by atoms with Crippen molar-refractivity contribution in [3.63, 3.8) is 0 Å². The van der Waals surface area contributed by atoms with E-state index in [4.69, 9.17) is 14.2 Å². The summed E-state index contributed by atoms with van der Waals surface area (Å²) in [6.07, 6.45) is 0. The number of benzene rings is 5. The number of methoxy groups -OCH3 is 1. The maximum Gasteiger partial charge on any atom is 0.195 e. The van der Waals surface area contributed by atoms with Crippen LogP contribution in [0.15, 0.2) is 96.0 Å². The van der Waals surface area contributed by atoms with E-state index in [1.54, 1.807) is 7.11 Å². The van der Waals surface area contributed by atoms with Gasteiger partial charge in [0.2, 0.25) is 0 Å². The van der Waals surface area contributed by atoms with Crippen LogP contribution in [0.25, 0.3) is 32.7 Å². The summed E-state index contributed by atoms with van der Waals surface area (Å²) in [6, 6.07) is 30.6. The summed E-state index contributed by atoms with van der Waals surface area (Å²) in [6.45, 7) is 1.87. The number of fused-ring (bicyclic) bond motifs is 2. The normalized spacial score (nSPS) is 12.8. The molecule has 40 heavy (non-hydrogen) atoms. The number of guanidine groups is 1. The van der Waals surface area contributed by atoms with Gasteiger partial charge in [-0.2, -0.15) is 0 Å². The summed E-state index contributed by atoms with van der Waals surface area (Å²) in [5.74, 6) is 2.09.